The van der Waals surface area contributed by atoms with Crippen molar-refractivity contribution in [2.24, 2.45) is 0 Å². The maximum atomic E-state index is 9.44. The summed E-state index contributed by atoms with van der Waals surface area (Å²) in [5.41, 5.74) is 3.29. The molecule has 1 unspecified atom stereocenters. The predicted octanol–water partition coefficient (Wildman–Crippen LogP) is 2.99. The zero-order valence-electron chi connectivity index (χ0n) is 18.6. The van der Waals surface area contributed by atoms with Gasteiger partial charge in [0.25, 0.3) is 5.95 Å². The van der Waals surface area contributed by atoms with Crippen LogP contribution < -0.4 is 9.64 Å². The molecule has 1 aliphatic rings. The molecule has 0 saturated carbocycles. The molecule has 1 fully saturated rings. The highest BCUT2D eigenvalue weighted by atomic mass is 127. The summed E-state index contributed by atoms with van der Waals surface area (Å²) in [4.78, 5) is 8.46. The first-order valence-electron chi connectivity index (χ1n) is 11.0. The van der Waals surface area contributed by atoms with Crippen LogP contribution in [0.15, 0.2) is 42.5 Å². The molecule has 11 heteroatoms. The van der Waals surface area contributed by atoms with E-state index in [9.17, 15) is 5.26 Å². The highest BCUT2D eigenvalue weighted by Crippen LogP contribution is 2.26. The minimum absolute atomic E-state index is 0.0286. The highest BCUT2D eigenvalue weighted by Gasteiger charge is 2.19. The molecule has 2 aromatic heterocycles. The lowest BCUT2D eigenvalue weighted by atomic mass is 10.2. The molecule has 174 valence electrons. The lowest BCUT2D eigenvalue weighted by molar-refractivity contribution is 0.122. The Kier molecular flexibility index (Phi) is 6.59. The summed E-state index contributed by atoms with van der Waals surface area (Å²) in [5, 5.41) is 22.5. The number of ether oxygens (including phenoxy) is 2. The molecule has 1 saturated heterocycles. The summed E-state index contributed by atoms with van der Waals surface area (Å²) in [6, 6.07) is 15.7. The standard InChI is InChI=1S/C23H23IN8O2/c1-16(24)34-21-5-3-2-4-18(21)14-31-20-12-17(13-25)6-7-19(20)26-22(31)15-32-28-23(27-29-32)30-8-10-33-11-9-30/h2-7,12,16H,8-11,14-15H2,1H3. The number of hydrogen-bond donors (Lipinski definition) is 0. The van der Waals surface area contributed by atoms with Crippen LogP contribution in [0.5, 0.6) is 5.75 Å². The van der Waals surface area contributed by atoms with Gasteiger partial charge in [0.05, 0.1) is 42.4 Å². The molecule has 3 heterocycles. The quantitative estimate of drug-likeness (QED) is 0.247. The number of nitrogens with zero attached hydrogens (tertiary/aromatic N) is 8. The van der Waals surface area contributed by atoms with Crippen molar-refractivity contribution < 1.29 is 9.47 Å². The van der Waals surface area contributed by atoms with E-state index in [1.165, 1.54) is 0 Å². The van der Waals surface area contributed by atoms with Gasteiger partial charge >= 0.3 is 0 Å². The predicted molar refractivity (Wildman–Crippen MR) is 134 cm³/mol. The molecule has 0 N–H and O–H groups in total. The van der Waals surface area contributed by atoms with Crippen molar-refractivity contribution in [3.05, 3.63) is 59.4 Å². The van der Waals surface area contributed by atoms with Gasteiger partial charge in [0.1, 0.15) is 22.2 Å². The third-order valence-electron chi connectivity index (χ3n) is 5.57. The number of imidazole rings is 1. The van der Waals surface area contributed by atoms with Crippen LogP contribution in [-0.4, -0.2) is 60.2 Å². The van der Waals surface area contributed by atoms with Crippen LogP contribution in [0.3, 0.4) is 0 Å². The van der Waals surface area contributed by atoms with Gasteiger partial charge in [-0.3, -0.25) is 0 Å². The van der Waals surface area contributed by atoms with Crippen LogP contribution in [0.4, 0.5) is 5.95 Å². The minimum Gasteiger partial charge on any atom is -0.480 e. The van der Waals surface area contributed by atoms with Gasteiger partial charge < -0.3 is 18.9 Å². The Morgan fingerprint density at radius 1 is 1.18 bits per heavy atom. The molecule has 34 heavy (non-hydrogen) atoms. The monoisotopic (exact) mass is 570 g/mol. The lowest BCUT2D eigenvalue weighted by Crippen LogP contribution is -2.37. The number of alkyl halides is 1. The smallest absolute Gasteiger partial charge is 0.266 e. The van der Waals surface area contributed by atoms with Gasteiger partial charge in [-0.05, 0) is 59.0 Å². The Hall–Kier alpha value is -3.24. The van der Waals surface area contributed by atoms with E-state index in [0.717, 1.165) is 41.3 Å². The van der Waals surface area contributed by atoms with E-state index in [4.69, 9.17) is 14.5 Å². The second-order valence-electron chi connectivity index (χ2n) is 7.92. The molecule has 1 atom stereocenters. The number of halogens is 1. The molecule has 2 aromatic carbocycles. The fourth-order valence-electron chi connectivity index (χ4n) is 3.95. The molecular weight excluding hydrogens is 547 g/mol. The fourth-order valence-corrected chi connectivity index (χ4v) is 4.23. The molecule has 5 rings (SSSR count). The topological polar surface area (TPSA) is 107 Å². The Morgan fingerprint density at radius 3 is 2.79 bits per heavy atom. The van der Waals surface area contributed by atoms with Crippen LogP contribution in [0.1, 0.15) is 23.9 Å². The molecule has 0 bridgehead atoms. The number of hydrogen-bond acceptors (Lipinski definition) is 8. The fraction of sp³-hybridized carbons (Fsp3) is 0.348. The summed E-state index contributed by atoms with van der Waals surface area (Å²) < 4.78 is 13.6. The molecule has 0 spiro atoms. The number of morpholine rings is 1. The van der Waals surface area contributed by atoms with Crippen LogP contribution >= 0.6 is 22.6 Å². The van der Waals surface area contributed by atoms with Crippen molar-refractivity contribution in [2.45, 2.75) is 24.1 Å². The number of aromatic nitrogens is 6. The molecule has 0 radical (unpaired) electrons. The van der Waals surface area contributed by atoms with Crippen molar-refractivity contribution in [2.75, 3.05) is 31.2 Å². The molecule has 1 aliphatic heterocycles. The van der Waals surface area contributed by atoms with Crippen LogP contribution in [-0.2, 0) is 17.8 Å². The molecule has 4 aromatic rings. The third kappa shape index (κ3) is 4.83. The van der Waals surface area contributed by atoms with Gasteiger partial charge in [-0.1, -0.05) is 23.3 Å². The summed E-state index contributed by atoms with van der Waals surface area (Å²) >= 11 is 2.24. The summed E-state index contributed by atoms with van der Waals surface area (Å²) in [6.45, 7) is 5.67. The minimum atomic E-state index is 0.0286. The van der Waals surface area contributed by atoms with Gasteiger partial charge in [0.15, 0.2) is 0 Å². The Balaban J connectivity index is 1.51. The van der Waals surface area contributed by atoms with Crippen molar-refractivity contribution in [3.8, 4) is 11.8 Å². The highest BCUT2D eigenvalue weighted by molar-refractivity contribution is 14.1. The number of nitriles is 1. The molecule has 0 aliphatic carbocycles. The molecular formula is C23H23IN8O2. The van der Waals surface area contributed by atoms with Gasteiger partial charge in [0.2, 0.25) is 0 Å². The second kappa shape index (κ2) is 9.94. The molecule has 10 nitrogen and oxygen atoms in total. The van der Waals surface area contributed by atoms with Crippen molar-refractivity contribution in [1.29, 1.82) is 5.26 Å². The summed E-state index contributed by atoms with van der Waals surface area (Å²) in [5.74, 6) is 2.18. The largest absolute Gasteiger partial charge is 0.480 e. The van der Waals surface area contributed by atoms with E-state index in [0.29, 0.717) is 37.8 Å². The maximum absolute atomic E-state index is 9.44. The van der Waals surface area contributed by atoms with E-state index in [1.54, 1.807) is 10.9 Å². The maximum Gasteiger partial charge on any atom is 0.266 e. The average Bonchev–Trinajstić information content (AvgIpc) is 3.45. The SMILES string of the molecule is CC(I)Oc1ccccc1Cn1c(Cn2nnc(N3CCOCC3)n2)nc2ccc(C#N)cc21. The number of anilines is 1. The second-order valence-corrected chi connectivity index (χ2v) is 9.67. The van der Waals surface area contributed by atoms with Gasteiger partial charge in [0, 0.05) is 18.7 Å². The first-order valence-corrected chi connectivity index (χ1v) is 12.2. The lowest BCUT2D eigenvalue weighted by Gasteiger charge is -2.24. The van der Waals surface area contributed by atoms with Crippen LogP contribution in [0.2, 0.25) is 0 Å². The van der Waals surface area contributed by atoms with E-state index in [2.05, 4.69) is 53.5 Å². The number of rotatable bonds is 7. The third-order valence-corrected chi connectivity index (χ3v) is 5.82. The normalized spacial score (nSPS) is 14.8. The van der Waals surface area contributed by atoms with Gasteiger partial charge in [-0.2, -0.15) is 10.1 Å². The van der Waals surface area contributed by atoms with Crippen molar-refractivity contribution in [3.63, 3.8) is 0 Å². The Bertz CT molecular complexity index is 1340. The number of tetrazole rings is 1. The average molecular weight is 570 g/mol. The summed E-state index contributed by atoms with van der Waals surface area (Å²) in [7, 11) is 0. The zero-order valence-corrected chi connectivity index (χ0v) is 20.8. The van der Waals surface area contributed by atoms with E-state index in [-0.39, 0.29) is 4.11 Å². The number of benzene rings is 2. The van der Waals surface area contributed by atoms with Crippen LogP contribution in [0.25, 0.3) is 11.0 Å². The van der Waals surface area contributed by atoms with Crippen molar-refractivity contribution in [1.82, 2.24) is 29.8 Å². The first kappa shape index (κ1) is 22.5. The van der Waals surface area contributed by atoms with Crippen LogP contribution in [0, 0.1) is 11.3 Å². The zero-order chi connectivity index (χ0) is 23.5. The molecule has 0 amide bonds. The van der Waals surface area contributed by atoms with Gasteiger partial charge in [-0.25, -0.2) is 4.98 Å². The summed E-state index contributed by atoms with van der Waals surface area (Å²) in [6.07, 6.45) is 0. The first-order chi connectivity index (χ1) is 16.6. The Labute approximate surface area is 210 Å². The van der Waals surface area contributed by atoms with Gasteiger partial charge in [-0.15, -0.1) is 5.10 Å². The number of fused-ring (bicyclic) bond motifs is 1. The Morgan fingerprint density at radius 2 is 2.00 bits per heavy atom. The van der Waals surface area contributed by atoms with E-state index >= 15 is 0 Å². The van der Waals surface area contributed by atoms with Crippen molar-refractivity contribution >= 4 is 39.6 Å². The van der Waals surface area contributed by atoms with E-state index in [1.807, 2.05) is 43.3 Å². The van der Waals surface area contributed by atoms with E-state index < -0.39 is 0 Å². The number of para-hydroxylation sites is 1.